The van der Waals surface area contributed by atoms with Crippen molar-refractivity contribution in [2.75, 3.05) is 17.7 Å². The molecule has 3 aromatic rings. The smallest absolute Gasteiger partial charge is 0.258 e. The molecule has 132 valence electrons. The lowest BCUT2D eigenvalue weighted by molar-refractivity contribution is 0.102. The summed E-state index contributed by atoms with van der Waals surface area (Å²) in [6.07, 6.45) is 2.65. The zero-order valence-electron chi connectivity index (χ0n) is 13.7. The molecule has 0 fully saturated rings. The van der Waals surface area contributed by atoms with Gasteiger partial charge in [-0.05, 0) is 24.3 Å². The molecule has 0 saturated carbocycles. The van der Waals surface area contributed by atoms with E-state index in [0.717, 1.165) is 17.8 Å². The van der Waals surface area contributed by atoms with Crippen molar-refractivity contribution in [1.29, 1.82) is 0 Å². The van der Waals surface area contributed by atoms with Crippen LogP contribution in [-0.4, -0.2) is 23.0 Å². The molecule has 3 rings (SSSR count). The summed E-state index contributed by atoms with van der Waals surface area (Å²) in [6, 6.07) is 10.3. The van der Waals surface area contributed by atoms with Gasteiger partial charge in [0.05, 0.1) is 12.7 Å². The molecule has 0 aliphatic heterocycles. The third-order valence-corrected chi connectivity index (χ3v) is 3.42. The number of hydrogen-bond donors (Lipinski definition) is 2. The normalized spacial score (nSPS) is 10.3. The molecule has 0 atom stereocenters. The molecule has 8 heteroatoms. The molecule has 0 aliphatic carbocycles. The van der Waals surface area contributed by atoms with Gasteiger partial charge in [-0.15, -0.1) is 0 Å². The van der Waals surface area contributed by atoms with Crippen LogP contribution in [0.4, 0.5) is 26.1 Å². The second-order valence-corrected chi connectivity index (χ2v) is 5.24. The van der Waals surface area contributed by atoms with E-state index >= 15 is 0 Å². The van der Waals surface area contributed by atoms with Crippen molar-refractivity contribution in [3.05, 3.63) is 72.1 Å². The molecule has 26 heavy (non-hydrogen) atoms. The van der Waals surface area contributed by atoms with Crippen LogP contribution in [0.3, 0.4) is 0 Å². The van der Waals surface area contributed by atoms with E-state index in [1.54, 1.807) is 19.2 Å². The monoisotopic (exact) mass is 356 g/mol. The van der Waals surface area contributed by atoms with Gasteiger partial charge in [-0.1, -0.05) is 6.07 Å². The van der Waals surface area contributed by atoms with Crippen LogP contribution in [0.15, 0.2) is 54.9 Å². The van der Waals surface area contributed by atoms with Crippen molar-refractivity contribution in [2.24, 2.45) is 0 Å². The van der Waals surface area contributed by atoms with E-state index in [1.165, 1.54) is 18.5 Å². The molecular weight excluding hydrogens is 342 g/mol. The first-order valence-corrected chi connectivity index (χ1v) is 7.54. The van der Waals surface area contributed by atoms with Crippen LogP contribution >= 0.6 is 0 Å². The minimum Gasteiger partial charge on any atom is -0.497 e. The van der Waals surface area contributed by atoms with Gasteiger partial charge in [0.1, 0.15) is 5.75 Å². The quantitative estimate of drug-likeness (QED) is 0.728. The van der Waals surface area contributed by atoms with Gasteiger partial charge >= 0.3 is 0 Å². The Morgan fingerprint density at radius 2 is 1.77 bits per heavy atom. The van der Waals surface area contributed by atoms with Gasteiger partial charge in [-0.25, -0.2) is 18.7 Å². The molecule has 0 saturated heterocycles. The van der Waals surface area contributed by atoms with Crippen LogP contribution in [0.2, 0.25) is 0 Å². The number of anilines is 3. The summed E-state index contributed by atoms with van der Waals surface area (Å²) in [4.78, 5) is 20.3. The van der Waals surface area contributed by atoms with Gasteiger partial charge in [0.15, 0.2) is 11.6 Å². The van der Waals surface area contributed by atoms with Crippen molar-refractivity contribution in [2.45, 2.75) is 0 Å². The molecule has 6 nitrogen and oxygen atoms in total. The Kier molecular flexibility index (Phi) is 5.02. The number of aromatic nitrogens is 2. The van der Waals surface area contributed by atoms with E-state index < -0.39 is 17.5 Å². The Labute approximate surface area is 147 Å². The molecular formula is C18H14F2N4O2. The lowest BCUT2D eigenvalue weighted by atomic mass is 10.2. The summed E-state index contributed by atoms with van der Waals surface area (Å²) in [5.74, 6) is -1.60. The maximum atomic E-state index is 13.2. The standard InChI is InChI=1S/C18H14F2N4O2/c1-26-14-4-2-3-12(7-14)24-18-21-9-11(10-22-18)17(25)23-13-5-6-15(19)16(20)8-13/h2-10H,1H3,(H,23,25)(H,21,22,24). The Bertz CT molecular complexity index is 933. The lowest BCUT2D eigenvalue weighted by Crippen LogP contribution is -2.13. The SMILES string of the molecule is COc1cccc(Nc2ncc(C(=O)Nc3ccc(F)c(F)c3)cn2)c1. The van der Waals surface area contributed by atoms with Crippen molar-refractivity contribution in [1.82, 2.24) is 9.97 Å². The third-order valence-electron chi connectivity index (χ3n) is 3.42. The highest BCUT2D eigenvalue weighted by atomic mass is 19.2. The number of ether oxygens (including phenoxy) is 1. The fourth-order valence-corrected chi connectivity index (χ4v) is 2.12. The molecule has 0 bridgehead atoms. The Balaban J connectivity index is 1.68. The van der Waals surface area contributed by atoms with E-state index in [2.05, 4.69) is 20.6 Å². The fourth-order valence-electron chi connectivity index (χ4n) is 2.12. The van der Waals surface area contributed by atoms with E-state index in [0.29, 0.717) is 11.7 Å². The molecule has 0 spiro atoms. The highest BCUT2D eigenvalue weighted by Gasteiger charge is 2.10. The van der Waals surface area contributed by atoms with Crippen molar-refractivity contribution < 1.29 is 18.3 Å². The molecule has 2 aromatic carbocycles. The summed E-state index contributed by atoms with van der Waals surface area (Å²) < 4.78 is 31.2. The fraction of sp³-hybridized carbons (Fsp3) is 0.0556. The number of benzene rings is 2. The van der Waals surface area contributed by atoms with Gasteiger partial charge < -0.3 is 15.4 Å². The minimum atomic E-state index is -1.04. The number of amides is 1. The van der Waals surface area contributed by atoms with Gasteiger partial charge in [0.25, 0.3) is 5.91 Å². The zero-order chi connectivity index (χ0) is 18.5. The van der Waals surface area contributed by atoms with E-state index in [4.69, 9.17) is 4.74 Å². The number of carbonyl (C=O) groups excluding carboxylic acids is 1. The summed E-state index contributed by atoms with van der Waals surface area (Å²) in [5.41, 5.74) is 1.03. The minimum absolute atomic E-state index is 0.132. The number of hydrogen-bond acceptors (Lipinski definition) is 5. The summed E-state index contributed by atoms with van der Waals surface area (Å²) in [7, 11) is 1.57. The third kappa shape index (κ3) is 4.10. The molecule has 1 heterocycles. The van der Waals surface area contributed by atoms with Gasteiger partial charge in [0.2, 0.25) is 5.95 Å². The Morgan fingerprint density at radius 1 is 1.00 bits per heavy atom. The molecule has 0 aliphatic rings. The summed E-state index contributed by atoms with van der Waals surface area (Å²) in [6.45, 7) is 0. The van der Waals surface area contributed by atoms with Crippen LogP contribution in [0.5, 0.6) is 5.75 Å². The maximum Gasteiger partial charge on any atom is 0.258 e. The second kappa shape index (κ2) is 7.56. The van der Waals surface area contributed by atoms with Crippen molar-refractivity contribution >= 4 is 23.2 Å². The summed E-state index contributed by atoms with van der Waals surface area (Å²) in [5, 5.41) is 5.43. The molecule has 0 unspecified atom stereocenters. The highest BCUT2D eigenvalue weighted by molar-refractivity contribution is 6.03. The van der Waals surface area contributed by atoms with E-state index in [9.17, 15) is 13.6 Å². The predicted octanol–water partition coefficient (Wildman–Crippen LogP) is 3.76. The zero-order valence-corrected chi connectivity index (χ0v) is 13.7. The van der Waals surface area contributed by atoms with Gasteiger partial charge in [-0.2, -0.15) is 0 Å². The molecule has 1 aromatic heterocycles. The van der Waals surface area contributed by atoms with Crippen LogP contribution in [0, 0.1) is 11.6 Å². The average Bonchev–Trinajstić information content (AvgIpc) is 2.65. The number of rotatable bonds is 5. The lowest BCUT2D eigenvalue weighted by Gasteiger charge is -2.08. The van der Waals surface area contributed by atoms with Crippen LogP contribution in [-0.2, 0) is 0 Å². The van der Waals surface area contributed by atoms with Crippen molar-refractivity contribution in [3.8, 4) is 5.75 Å². The predicted molar refractivity (Wildman–Crippen MR) is 92.6 cm³/mol. The van der Waals surface area contributed by atoms with Crippen molar-refractivity contribution in [3.63, 3.8) is 0 Å². The maximum absolute atomic E-state index is 13.2. The number of nitrogens with one attached hydrogen (secondary N) is 2. The largest absolute Gasteiger partial charge is 0.497 e. The topological polar surface area (TPSA) is 76.1 Å². The van der Waals surface area contributed by atoms with E-state index in [-0.39, 0.29) is 11.3 Å². The number of methoxy groups -OCH3 is 1. The first-order valence-electron chi connectivity index (χ1n) is 7.54. The molecule has 2 N–H and O–H groups in total. The highest BCUT2D eigenvalue weighted by Crippen LogP contribution is 2.19. The molecule has 1 amide bonds. The van der Waals surface area contributed by atoms with Gasteiger partial charge in [0, 0.05) is 35.9 Å². The van der Waals surface area contributed by atoms with Crippen LogP contribution < -0.4 is 15.4 Å². The van der Waals surface area contributed by atoms with Gasteiger partial charge in [-0.3, -0.25) is 4.79 Å². The number of carbonyl (C=O) groups is 1. The first kappa shape index (κ1) is 17.3. The Hall–Kier alpha value is -3.55. The van der Waals surface area contributed by atoms with Crippen LogP contribution in [0.25, 0.3) is 0 Å². The number of halogens is 2. The average molecular weight is 356 g/mol. The van der Waals surface area contributed by atoms with E-state index in [1.807, 2.05) is 12.1 Å². The molecule has 0 radical (unpaired) electrons. The Morgan fingerprint density at radius 3 is 2.46 bits per heavy atom. The first-order chi connectivity index (χ1) is 12.5. The van der Waals surface area contributed by atoms with Crippen LogP contribution in [0.1, 0.15) is 10.4 Å². The second-order valence-electron chi connectivity index (χ2n) is 5.24. The summed E-state index contributed by atoms with van der Waals surface area (Å²) >= 11 is 0. The number of nitrogens with zero attached hydrogens (tertiary/aromatic N) is 2.